The summed E-state index contributed by atoms with van der Waals surface area (Å²) in [7, 11) is 1.60. The fraction of sp³-hybridized carbons (Fsp3) is 0.538. The quantitative estimate of drug-likeness (QED) is 0.556. The van der Waals surface area contributed by atoms with Gasteiger partial charge in [-0.2, -0.15) is 0 Å². The molecule has 0 aromatic carbocycles. The molecule has 0 aliphatic rings. The first-order valence-electron chi connectivity index (χ1n) is 6.43. The van der Waals surface area contributed by atoms with Crippen LogP contribution in [0.25, 0.3) is 0 Å². The van der Waals surface area contributed by atoms with Crippen molar-refractivity contribution in [2.75, 3.05) is 20.3 Å². The molecule has 1 aromatic heterocycles. The number of aromatic nitrogens is 1. The summed E-state index contributed by atoms with van der Waals surface area (Å²) in [5.74, 6) is 0.405. The number of hydrogen-bond acceptors (Lipinski definition) is 4. The van der Waals surface area contributed by atoms with E-state index in [0.717, 1.165) is 0 Å². The Bertz CT molecular complexity index is 458. The highest BCUT2D eigenvalue weighted by molar-refractivity contribution is 5.78. The minimum Gasteiger partial charge on any atom is -0.472 e. The van der Waals surface area contributed by atoms with Crippen LogP contribution in [0.3, 0.4) is 0 Å². The van der Waals surface area contributed by atoms with Gasteiger partial charge in [0.1, 0.15) is 0 Å². The minimum absolute atomic E-state index is 0.0346. The van der Waals surface area contributed by atoms with Gasteiger partial charge in [-0.05, 0) is 13.0 Å². The van der Waals surface area contributed by atoms with Gasteiger partial charge in [0.05, 0.1) is 18.8 Å². The second-order valence-electron chi connectivity index (χ2n) is 4.37. The highest BCUT2D eigenvalue weighted by Crippen LogP contribution is 2.09. The van der Waals surface area contributed by atoms with Crippen LogP contribution in [-0.4, -0.2) is 43.7 Å². The molecule has 0 aliphatic carbocycles. The summed E-state index contributed by atoms with van der Waals surface area (Å²) in [5.41, 5.74) is 6.29. The van der Waals surface area contributed by atoms with Crippen LogP contribution in [-0.2, 0) is 11.3 Å². The lowest BCUT2D eigenvalue weighted by molar-refractivity contribution is 0.0795. The number of alkyl halides is 2. The minimum atomic E-state index is -2.53. The number of nitrogens with two attached hydrogens (primary N) is 1. The fourth-order valence-electron chi connectivity index (χ4n) is 1.53. The molecule has 0 fully saturated rings. The van der Waals surface area contributed by atoms with Crippen LogP contribution in [0.15, 0.2) is 23.2 Å². The van der Waals surface area contributed by atoms with E-state index >= 15 is 0 Å². The average Bonchev–Trinajstić information content (AvgIpc) is 2.43. The maximum Gasteiger partial charge on any atom is 0.272 e. The van der Waals surface area contributed by atoms with Crippen LogP contribution in [0.5, 0.6) is 5.88 Å². The number of rotatable bonds is 8. The molecule has 0 aliphatic heterocycles. The molecule has 1 atom stereocenters. The number of pyridine rings is 1. The Hall–Kier alpha value is -1.96. The van der Waals surface area contributed by atoms with Crippen molar-refractivity contribution in [2.45, 2.75) is 25.9 Å². The number of aliphatic imine (C=N–C) groups is 1. The van der Waals surface area contributed by atoms with Gasteiger partial charge in [0.25, 0.3) is 6.43 Å². The normalized spacial score (nSPS) is 13.3. The predicted molar refractivity (Wildman–Crippen MR) is 75.5 cm³/mol. The summed E-state index contributed by atoms with van der Waals surface area (Å²) in [6.45, 7) is 1.96. The molecular weight excluding hydrogens is 282 g/mol. The van der Waals surface area contributed by atoms with Gasteiger partial charge in [-0.15, -0.1) is 0 Å². The lowest BCUT2D eigenvalue weighted by Crippen LogP contribution is -2.40. The van der Waals surface area contributed by atoms with E-state index in [1.807, 2.05) is 6.92 Å². The summed E-state index contributed by atoms with van der Waals surface area (Å²) in [4.78, 5) is 8.18. The van der Waals surface area contributed by atoms with E-state index in [1.165, 1.54) is 6.07 Å². The molecular formula is C13H20F2N4O2. The van der Waals surface area contributed by atoms with Crippen LogP contribution >= 0.6 is 0 Å². The van der Waals surface area contributed by atoms with Gasteiger partial charge >= 0.3 is 0 Å². The highest BCUT2D eigenvalue weighted by Gasteiger charge is 2.05. The van der Waals surface area contributed by atoms with Crippen molar-refractivity contribution in [3.05, 3.63) is 23.9 Å². The first-order valence-corrected chi connectivity index (χ1v) is 6.43. The van der Waals surface area contributed by atoms with E-state index in [9.17, 15) is 8.78 Å². The number of ether oxygens (including phenoxy) is 2. The Kier molecular flexibility index (Phi) is 7.38. The smallest absolute Gasteiger partial charge is 0.272 e. The van der Waals surface area contributed by atoms with Crippen LogP contribution in [0.1, 0.15) is 12.6 Å². The van der Waals surface area contributed by atoms with Crippen molar-refractivity contribution in [2.24, 2.45) is 10.7 Å². The Morgan fingerprint density at radius 2 is 2.19 bits per heavy atom. The molecule has 0 bridgehead atoms. The van der Waals surface area contributed by atoms with Crippen molar-refractivity contribution < 1.29 is 18.3 Å². The van der Waals surface area contributed by atoms with Crippen molar-refractivity contribution in [3.8, 4) is 5.88 Å². The maximum atomic E-state index is 12.0. The molecule has 8 heteroatoms. The molecule has 6 nitrogen and oxygen atoms in total. The zero-order valence-electron chi connectivity index (χ0n) is 12.1. The monoisotopic (exact) mass is 302 g/mol. The molecule has 1 rings (SSSR count). The summed E-state index contributed by atoms with van der Waals surface area (Å²) in [6.07, 6.45) is -2.53. The molecule has 0 saturated heterocycles. The topological polar surface area (TPSA) is 81.8 Å². The van der Waals surface area contributed by atoms with Gasteiger partial charge in [-0.25, -0.2) is 18.8 Å². The summed E-state index contributed by atoms with van der Waals surface area (Å²) in [5, 5.41) is 2.95. The zero-order chi connectivity index (χ0) is 15.7. The van der Waals surface area contributed by atoms with Crippen molar-refractivity contribution in [1.29, 1.82) is 0 Å². The zero-order valence-corrected chi connectivity index (χ0v) is 12.1. The summed E-state index contributed by atoms with van der Waals surface area (Å²) < 4.78 is 33.9. The van der Waals surface area contributed by atoms with Gasteiger partial charge in [0.15, 0.2) is 12.6 Å². The van der Waals surface area contributed by atoms with E-state index in [0.29, 0.717) is 12.3 Å². The van der Waals surface area contributed by atoms with Crippen LogP contribution in [0.2, 0.25) is 0 Å². The number of nitrogens with one attached hydrogen (secondary N) is 1. The molecule has 0 amide bonds. The van der Waals surface area contributed by atoms with Gasteiger partial charge < -0.3 is 20.5 Å². The second-order valence-corrected chi connectivity index (χ2v) is 4.37. The van der Waals surface area contributed by atoms with Gasteiger partial charge in [0.2, 0.25) is 5.88 Å². The van der Waals surface area contributed by atoms with E-state index in [4.69, 9.17) is 15.2 Å². The van der Waals surface area contributed by atoms with Crippen LogP contribution in [0.4, 0.5) is 8.78 Å². The number of hydrogen-bond donors (Lipinski definition) is 2. The van der Waals surface area contributed by atoms with Gasteiger partial charge in [0, 0.05) is 19.2 Å². The molecule has 3 N–H and O–H groups in total. The third kappa shape index (κ3) is 7.40. The molecule has 1 aromatic rings. The Labute approximate surface area is 122 Å². The van der Waals surface area contributed by atoms with E-state index in [-0.39, 0.29) is 24.4 Å². The highest BCUT2D eigenvalue weighted by atomic mass is 19.3. The third-order valence-corrected chi connectivity index (χ3v) is 2.36. The lowest BCUT2D eigenvalue weighted by Gasteiger charge is -2.13. The Morgan fingerprint density at radius 3 is 2.86 bits per heavy atom. The molecule has 0 spiro atoms. The molecule has 1 unspecified atom stereocenters. The summed E-state index contributed by atoms with van der Waals surface area (Å²) >= 11 is 0. The van der Waals surface area contributed by atoms with E-state index in [1.54, 1.807) is 19.2 Å². The van der Waals surface area contributed by atoms with Crippen molar-refractivity contribution in [3.63, 3.8) is 0 Å². The molecule has 0 saturated carbocycles. The number of halogens is 2. The lowest BCUT2D eigenvalue weighted by atomic mass is 10.3. The van der Waals surface area contributed by atoms with Crippen LogP contribution in [0, 0.1) is 0 Å². The largest absolute Gasteiger partial charge is 0.472 e. The first kappa shape index (κ1) is 17.1. The van der Waals surface area contributed by atoms with E-state index < -0.39 is 13.0 Å². The average molecular weight is 302 g/mol. The second kappa shape index (κ2) is 9.06. The SMILES string of the molecule is COCC(C)NC(N)=NCc1cccc(OCC(F)F)n1. The molecule has 21 heavy (non-hydrogen) atoms. The predicted octanol–water partition coefficient (Wildman–Crippen LogP) is 1.16. The third-order valence-electron chi connectivity index (χ3n) is 2.36. The van der Waals surface area contributed by atoms with Gasteiger partial charge in [-0.1, -0.05) is 6.07 Å². The summed E-state index contributed by atoms with van der Waals surface area (Å²) in [6, 6.07) is 4.92. The number of guanidine groups is 1. The maximum absolute atomic E-state index is 12.0. The molecule has 118 valence electrons. The first-order chi connectivity index (χ1) is 10.0. The number of nitrogens with zero attached hydrogens (tertiary/aromatic N) is 2. The standard InChI is InChI=1S/C13H20F2N4O2/c1-9(7-20-2)18-13(16)17-6-10-4-3-5-12(19-10)21-8-11(14)15/h3-5,9,11H,6-8H2,1-2H3,(H3,16,17,18). The molecule has 0 radical (unpaired) electrons. The Balaban J connectivity index is 2.52. The van der Waals surface area contributed by atoms with Crippen molar-refractivity contribution >= 4 is 5.96 Å². The fourth-order valence-corrected chi connectivity index (χ4v) is 1.53. The van der Waals surface area contributed by atoms with E-state index in [2.05, 4.69) is 15.3 Å². The van der Waals surface area contributed by atoms with Gasteiger partial charge in [-0.3, -0.25) is 0 Å². The molecule has 1 heterocycles. The van der Waals surface area contributed by atoms with Crippen molar-refractivity contribution in [1.82, 2.24) is 10.3 Å². The number of methoxy groups -OCH3 is 1. The van der Waals surface area contributed by atoms with Crippen LogP contribution < -0.4 is 15.8 Å². The Morgan fingerprint density at radius 1 is 1.43 bits per heavy atom.